The highest BCUT2D eigenvalue weighted by Crippen LogP contribution is 2.31. The third-order valence-electron chi connectivity index (χ3n) is 3.84. The molecule has 0 aromatic heterocycles. The van der Waals surface area contributed by atoms with E-state index >= 15 is 0 Å². The van der Waals surface area contributed by atoms with E-state index in [1.54, 1.807) is 0 Å². The number of nitrogens with one attached hydrogen (secondary N) is 2. The first kappa shape index (κ1) is 17.7. The van der Waals surface area contributed by atoms with Crippen LogP contribution in [-0.2, 0) is 4.79 Å². The van der Waals surface area contributed by atoms with Crippen LogP contribution in [0.3, 0.4) is 0 Å². The fraction of sp³-hybridized carbons (Fsp3) is 0.500. The Morgan fingerprint density at radius 2 is 2.12 bits per heavy atom. The van der Waals surface area contributed by atoms with E-state index in [0.717, 1.165) is 19.3 Å². The number of carbonyl (C=O) groups is 2. The molecule has 3 N–H and O–H groups in total. The molecule has 0 bridgehead atoms. The first-order chi connectivity index (χ1) is 11.4. The van der Waals surface area contributed by atoms with Gasteiger partial charge in [0.05, 0.1) is 4.92 Å². The van der Waals surface area contributed by atoms with E-state index in [1.165, 1.54) is 18.2 Å². The van der Waals surface area contributed by atoms with Gasteiger partial charge in [0, 0.05) is 17.7 Å². The number of rotatable bonds is 9. The van der Waals surface area contributed by atoms with Crippen molar-refractivity contribution in [3.63, 3.8) is 0 Å². The molecular formula is C16H21N3O5. The van der Waals surface area contributed by atoms with Gasteiger partial charge in [-0.1, -0.05) is 19.8 Å². The molecule has 1 fully saturated rings. The minimum atomic E-state index is -1.11. The predicted molar refractivity (Wildman–Crippen MR) is 88.2 cm³/mol. The number of carbonyl (C=O) groups excluding carboxylic acids is 1. The summed E-state index contributed by atoms with van der Waals surface area (Å²) in [4.78, 5) is 34.1. The minimum absolute atomic E-state index is 0.0748. The molecule has 8 nitrogen and oxygen atoms in total. The Kier molecular flexibility index (Phi) is 5.73. The summed E-state index contributed by atoms with van der Waals surface area (Å²) >= 11 is 0. The normalized spacial score (nSPS) is 14.7. The van der Waals surface area contributed by atoms with Crippen molar-refractivity contribution in [2.45, 2.75) is 51.1 Å². The number of hydrogen-bond acceptors (Lipinski definition) is 5. The molecule has 1 saturated carbocycles. The van der Waals surface area contributed by atoms with Crippen molar-refractivity contribution in [3.05, 3.63) is 33.9 Å². The molecule has 130 valence electrons. The molecule has 1 aliphatic carbocycles. The zero-order valence-corrected chi connectivity index (χ0v) is 13.4. The van der Waals surface area contributed by atoms with Crippen molar-refractivity contribution in [1.29, 1.82) is 0 Å². The first-order valence-corrected chi connectivity index (χ1v) is 8.01. The molecule has 0 aliphatic heterocycles. The number of anilines is 1. The molecule has 1 aromatic rings. The second kappa shape index (κ2) is 7.76. The number of carboxylic acids is 1. The SMILES string of the molecule is CCCC[C@H](NC(=O)c1ccc(NC2CC2)c([N+](=O)[O-])c1)C(=O)O. The molecule has 1 atom stereocenters. The summed E-state index contributed by atoms with van der Waals surface area (Å²) in [5.41, 5.74) is 0.264. The van der Waals surface area contributed by atoms with Crippen LogP contribution in [0.15, 0.2) is 18.2 Å². The summed E-state index contributed by atoms with van der Waals surface area (Å²) in [7, 11) is 0. The van der Waals surface area contributed by atoms with Gasteiger partial charge >= 0.3 is 5.97 Å². The topological polar surface area (TPSA) is 122 Å². The Labute approximate surface area is 139 Å². The second-order valence-corrected chi connectivity index (χ2v) is 5.91. The summed E-state index contributed by atoms with van der Waals surface area (Å²) in [5.74, 6) is -1.74. The van der Waals surface area contributed by atoms with Crippen LogP contribution in [0.1, 0.15) is 49.4 Å². The molecule has 0 heterocycles. The van der Waals surface area contributed by atoms with Crippen molar-refractivity contribution >= 4 is 23.3 Å². The maximum absolute atomic E-state index is 12.2. The van der Waals surface area contributed by atoms with Crippen LogP contribution >= 0.6 is 0 Å². The largest absolute Gasteiger partial charge is 0.480 e. The van der Waals surface area contributed by atoms with Crippen LogP contribution in [0.4, 0.5) is 11.4 Å². The van der Waals surface area contributed by atoms with Crippen LogP contribution < -0.4 is 10.6 Å². The van der Waals surface area contributed by atoms with Gasteiger partial charge in [-0.15, -0.1) is 0 Å². The molecule has 2 rings (SSSR count). The number of benzene rings is 1. The summed E-state index contributed by atoms with van der Waals surface area (Å²) < 4.78 is 0. The lowest BCUT2D eigenvalue weighted by atomic mass is 10.1. The molecular weight excluding hydrogens is 314 g/mol. The zero-order valence-electron chi connectivity index (χ0n) is 13.4. The van der Waals surface area contributed by atoms with E-state index < -0.39 is 22.8 Å². The summed E-state index contributed by atoms with van der Waals surface area (Å²) in [6.45, 7) is 1.93. The lowest BCUT2D eigenvalue weighted by Crippen LogP contribution is -2.40. The highest BCUT2D eigenvalue weighted by molar-refractivity contribution is 5.97. The van der Waals surface area contributed by atoms with Crippen LogP contribution in [0.25, 0.3) is 0 Å². The fourth-order valence-electron chi connectivity index (χ4n) is 2.30. The third kappa shape index (κ3) is 4.68. The Morgan fingerprint density at radius 1 is 1.42 bits per heavy atom. The lowest BCUT2D eigenvalue weighted by molar-refractivity contribution is -0.384. The minimum Gasteiger partial charge on any atom is -0.480 e. The van der Waals surface area contributed by atoms with E-state index in [9.17, 15) is 19.7 Å². The maximum atomic E-state index is 12.2. The van der Waals surface area contributed by atoms with Crippen LogP contribution in [0.2, 0.25) is 0 Å². The van der Waals surface area contributed by atoms with E-state index in [-0.39, 0.29) is 17.3 Å². The zero-order chi connectivity index (χ0) is 17.7. The van der Waals surface area contributed by atoms with Gasteiger partial charge in [0.1, 0.15) is 11.7 Å². The molecule has 1 aliphatic rings. The van der Waals surface area contributed by atoms with Gasteiger partial charge in [0.2, 0.25) is 0 Å². The highest BCUT2D eigenvalue weighted by Gasteiger charge is 2.26. The number of nitro benzene ring substituents is 1. The Bertz CT molecular complexity index is 643. The number of carboxylic acid groups (broad SMARTS) is 1. The third-order valence-corrected chi connectivity index (χ3v) is 3.84. The average Bonchev–Trinajstić information content (AvgIpc) is 3.35. The number of hydrogen-bond donors (Lipinski definition) is 3. The van der Waals surface area contributed by atoms with Gasteiger partial charge in [-0.25, -0.2) is 4.79 Å². The van der Waals surface area contributed by atoms with Crippen LogP contribution in [0, 0.1) is 10.1 Å². The molecule has 8 heteroatoms. The van der Waals surface area contributed by atoms with Gasteiger partial charge in [-0.3, -0.25) is 14.9 Å². The second-order valence-electron chi connectivity index (χ2n) is 5.91. The quantitative estimate of drug-likeness (QED) is 0.471. The van der Waals surface area contributed by atoms with E-state index in [2.05, 4.69) is 10.6 Å². The van der Waals surface area contributed by atoms with Crippen molar-refractivity contribution in [1.82, 2.24) is 5.32 Å². The van der Waals surface area contributed by atoms with Crippen molar-refractivity contribution < 1.29 is 19.6 Å². The predicted octanol–water partition coefficient (Wildman–Crippen LogP) is 2.54. The monoisotopic (exact) mass is 335 g/mol. The molecule has 0 spiro atoms. The van der Waals surface area contributed by atoms with Gasteiger partial charge in [0.15, 0.2) is 0 Å². The summed E-state index contributed by atoms with van der Waals surface area (Å²) in [6.07, 6.45) is 3.74. The molecule has 1 aromatic carbocycles. The summed E-state index contributed by atoms with van der Waals surface area (Å²) in [6, 6.07) is 3.38. The number of nitro groups is 1. The Balaban J connectivity index is 2.14. The van der Waals surface area contributed by atoms with E-state index in [4.69, 9.17) is 5.11 Å². The average molecular weight is 335 g/mol. The Morgan fingerprint density at radius 3 is 2.67 bits per heavy atom. The summed E-state index contributed by atoms with van der Waals surface area (Å²) in [5, 5.41) is 25.8. The maximum Gasteiger partial charge on any atom is 0.326 e. The molecule has 1 amide bonds. The highest BCUT2D eigenvalue weighted by atomic mass is 16.6. The van der Waals surface area contributed by atoms with E-state index in [0.29, 0.717) is 18.5 Å². The smallest absolute Gasteiger partial charge is 0.326 e. The number of amides is 1. The van der Waals surface area contributed by atoms with Crippen molar-refractivity contribution in [2.75, 3.05) is 5.32 Å². The fourth-order valence-corrected chi connectivity index (χ4v) is 2.30. The first-order valence-electron chi connectivity index (χ1n) is 8.01. The molecule has 0 unspecified atom stereocenters. The number of unbranched alkanes of at least 4 members (excludes halogenated alkanes) is 1. The molecule has 24 heavy (non-hydrogen) atoms. The molecule has 0 radical (unpaired) electrons. The number of aliphatic carboxylic acids is 1. The van der Waals surface area contributed by atoms with Crippen molar-refractivity contribution in [3.8, 4) is 0 Å². The van der Waals surface area contributed by atoms with Crippen LogP contribution in [-0.4, -0.2) is 34.0 Å². The Hall–Kier alpha value is -2.64. The van der Waals surface area contributed by atoms with Crippen molar-refractivity contribution in [2.24, 2.45) is 0 Å². The van der Waals surface area contributed by atoms with Gasteiger partial charge in [0.25, 0.3) is 11.6 Å². The standard InChI is InChI=1S/C16H21N3O5/c1-2-3-4-13(16(21)22)18-15(20)10-5-8-12(17-11-6-7-11)14(9-10)19(23)24/h5,8-9,11,13,17H,2-4,6-7H2,1H3,(H,18,20)(H,21,22)/t13-/m0/s1. The van der Waals surface area contributed by atoms with Gasteiger partial charge in [-0.05, 0) is 31.4 Å². The van der Waals surface area contributed by atoms with Gasteiger partial charge in [-0.2, -0.15) is 0 Å². The molecule has 0 saturated heterocycles. The lowest BCUT2D eigenvalue weighted by Gasteiger charge is -2.14. The number of nitrogens with zero attached hydrogens (tertiary/aromatic N) is 1. The van der Waals surface area contributed by atoms with Gasteiger partial charge < -0.3 is 15.7 Å². The van der Waals surface area contributed by atoms with Crippen LogP contribution in [0.5, 0.6) is 0 Å². The van der Waals surface area contributed by atoms with E-state index in [1.807, 2.05) is 6.92 Å².